The highest BCUT2D eigenvalue weighted by Crippen LogP contribution is 2.37. The van der Waals surface area contributed by atoms with Gasteiger partial charge in [-0.15, -0.1) is 0 Å². The zero-order chi connectivity index (χ0) is 18.0. The Labute approximate surface area is 144 Å². The second kappa shape index (κ2) is 6.63. The molecule has 2 heterocycles. The van der Waals surface area contributed by atoms with Crippen molar-refractivity contribution in [2.24, 2.45) is 0 Å². The molecular weight excluding hydrogens is 329 g/mol. The SMILES string of the molecule is Cc1ccnc(N2CCN(c3cc(C#N)ccc3C(F)(F)F)CC2)c1. The maximum absolute atomic E-state index is 13.3. The van der Waals surface area contributed by atoms with Gasteiger partial charge in [0.05, 0.1) is 22.9 Å². The molecule has 25 heavy (non-hydrogen) atoms. The van der Waals surface area contributed by atoms with Gasteiger partial charge in [-0.3, -0.25) is 0 Å². The molecule has 2 aromatic rings. The molecule has 0 bridgehead atoms. The first kappa shape index (κ1) is 17.1. The first-order valence-electron chi connectivity index (χ1n) is 7.92. The van der Waals surface area contributed by atoms with Gasteiger partial charge < -0.3 is 9.80 Å². The lowest BCUT2D eigenvalue weighted by Crippen LogP contribution is -2.47. The standard InChI is InChI=1S/C18H17F3N4/c1-13-4-5-23-17(10-13)25-8-6-24(7-9-25)16-11-14(12-22)2-3-15(16)18(19,20)21/h2-5,10-11H,6-9H2,1H3. The van der Waals surface area contributed by atoms with Crippen molar-refractivity contribution < 1.29 is 13.2 Å². The van der Waals surface area contributed by atoms with E-state index < -0.39 is 11.7 Å². The van der Waals surface area contributed by atoms with Crippen LogP contribution in [0, 0.1) is 18.3 Å². The molecule has 1 aromatic heterocycles. The number of benzene rings is 1. The van der Waals surface area contributed by atoms with Crippen LogP contribution in [0.2, 0.25) is 0 Å². The Morgan fingerprint density at radius 2 is 1.72 bits per heavy atom. The summed E-state index contributed by atoms with van der Waals surface area (Å²) >= 11 is 0. The number of nitrogens with zero attached hydrogens (tertiary/aromatic N) is 4. The summed E-state index contributed by atoms with van der Waals surface area (Å²) in [4.78, 5) is 8.08. The van der Waals surface area contributed by atoms with Crippen LogP contribution in [0.15, 0.2) is 36.5 Å². The number of piperazine rings is 1. The lowest BCUT2D eigenvalue weighted by molar-refractivity contribution is -0.137. The molecular formula is C18H17F3N4. The van der Waals surface area contributed by atoms with Crippen LogP contribution in [0.5, 0.6) is 0 Å². The lowest BCUT2D eigenvalue weighted by Gasteiger charge is -2.37. The van der Waals surface area contributed by atoms with E-state index in [-0.39, 0.29) is 11.3 Å². The van der Waals surface area contributed by atoms with Crippen molar-refractivity contribution in [3.05, 3.63) is 53.2 Å². The van der Waals surface area contributed by atoms with Crippen molar-refractivity contribution in [3.63, 3.8) is 0 Å². The van der Waals surface area contributed by atoms with Gasteiger partial charge in [0.25, 0.3) is 0 Å². The van der Waals surface area contributed by atoms with Gasteiger partial charge in [0.15, 0.2) is 0 Å². The van der Waals surface area contributed by atoms with Crippen LogP contribution in [0.25, 0.3) is 0 Å². The molecule has 0 unspecified atom stereocenters. The predicted octanol–water partition coefficient (Wildman–Crippen LogP) is 3.61. The summed E-state index contributed by atoms with van der Waals surface area (Å²) in [5.41, 5.74) is 0.691. The van der Waals surface area contributed by atoms with Crippen LogP contribution in [0.1, 0.15) is 16.7 Å². The zero-order valence-electron chi connectivity index (χ0n) is 13.7. The van der Waals surface area contributed by atoms with Crippen molar-refractivity contribution in [2.45, 2.75) is 13.1 Å². The molecule has 3 rings (SSSR count). The molecule has 130 valence electrons. The Morgan fingerprint density at radius 1 is 1.04 bits per heavy atom. The summed E-state index contributed by atoms with van der Waals surface area (Å²) in [6, 6.07) is 9.30. The molecule has 0 radical (unpaired) electrons. The van der Waals surface area contributed by atoms with Crippen molar-refractivity contribution in [3.8, 4) is 6.07 Å². The van der Waals surface area contributed by atoms with Gasteiger partial charge in [-0.25, -0.2) is 4.98 Å². The number of anilines is 2. The van der Waals surface area contributed by atoms with Gasteiger partial charge in [-0.05, 0) is 42.8 Å². The fraction of sp³-hybridized carbons (Fsp3) is 0.333. The topological polar surface area (TPSA) is 43.2 Å². The van der Waals surface area contributed by atoms with E-state index in [9.17, 15) is 13.2 Å². The van der Waals surface area contributed by atoms with Crippen molar-refractivity contribution in [2.75, 3.05) is 36.0 Å². The molecule has 0 N–H and O–H groups in total. The predicted molar refractivity (Wildman–Crippen MR) is 89.6 cm³/mol. The molecule has 1 aromatic carbocycles. The summed E-state index contributed by atoms with van der Waals surface area (Å²) in [6.45, 7) is 4.00. The highest BCUT2D eigenvalue weighted by Gasteiger charge is 2.35. The Bertz CT molecular complexity index is 803. The van der Waals surface area contributed by atoms with Crippen LogP contribution < -0.4 is 9.80 Å². The molecule has 0 aliphatic carbocycles. The molecule has 0 atom stereocenters. The van der Waals surface area contributed by atoms with Gasteiger partial charge in [0, 0.05) is 32.4 Å². The van der Waals surface area contributed by atoms with Crippen molar-refractivity contribution >= 4 is 11.5 Å². The quantitative estimate of drug-likeness (QED) is 0.833. The number of aryl methyl sites for hydroxylation is 1. The Hall–Kier alpha value is -2.75. The van der Waals surface area contributed by atoms with Gasteiger partial charge in [0.1, 0.15) is 5.82 Å². The zero-order valence-corrected chi connectivity index (χ0v) is 13.7. The fourth-order valence-electron chi connectivity index (χ4n) is 2.97. The molecule has 1 fully saturated rings. The second-order valence-electron chi connectivity index (χ2n) is 6.01. The number of pyridine rings is 1. The largest absolute Gasteiger partial charge is 0.418 e. The third kappa shape index (κ3) is 3.68. The summed E-state index contributed by atoms with van der Waals surface area (Å²) < 4.78 is 39.9. The van der Waals surface area contributed by atoms with E-state index in [1.54, 1.807) is 11.1 Å². The van der Waals surface area contributed by atoms with Crippen LogP contribution in [-0.4, -0.2) is 31.2 Å². The number of hydrogen-bond acceptors (Lipinski definition) is 4. The molecule has 0 spiro atoms. The Morgan fingerprint density at radius 3 is 2.32 bits per heavy atom. The average Bonchev–Trinajstić information content (AvgIpc) is 2.60. The summed E-state index contributed by atoms with van der Waals surface area (Å²) in [7, 11) is 0. The first-order valence-corrected chi connectivity index (χ1v) is 7.92. The van der Waals surface area contributed by atoms with Crippen molar-refractivity contribution in [1.29, 1.82) is 5.26 Å². The van der Waals surface area contributed by atoms with Gasteiger partial charge in [0.2, 0.25) is 0 Å². The van der Waals surface area contributed by atoms with E-state index in [1.807, 2.05) is 25.1 Å². The lowest BCUT2D eigenvalue weighted by atomic mass is 10.1. The minimum Gasteiger partial charge on any atom is -0.367 e. The molecule has 0 saturated carbocycles. The Kier molecular flexibility index (Phi) is 4.53. The smallest absolute Gasteiger partial charge is 0.367 e. The summed E-state index contributed by atoms with van der Waals surface area (Å²) in [5.74, 6) is 0.835. The number of halogens is 3. The van der Waals surface area contributed by atoms with E-state index in [0.717, 1.165) is 17.4 Å². The van der Waals surface area contributed by atoms with Gasteiger partial charge >= 0.3 is 6.18 Å². The summed E-state index contributed by atoms with van der Waals surface area (Å²) in [5, 5.41) is 9.00. The van der Waals surface area contributed by atoms with E-state index in [4.69, 9.17) is 5.26 Å². The van der Waals surface area contributed by atoms with E-state index in [1.165, 1.54) is 12.1 Å². The third-order valence-corrected chi connectivity index (χ3v) is 4.28. The second-order valence-corrected chi connectivity index (χ2v) is 6.01. The summed E-state index contributed by atoms with van der Waals surface area (Å²) in [6.07, 6.45) is -2.71. The molecule has 1 aliphatic heterocycles. The molecule has 4 nitrogen and oxygen atoms in total. The normalized spacial score (nSPS) is 15.2. The van der Waals surface area contributed by atoms with E-state index in [0.29, 0.717) is 26.2 Å². The van der Waals surface area contributed by atoms with Gasteiger partial charge in [-0.2, -0.15) is 18.4 Å². The van der Waals surface area contributed by atoms with Gasteiger partial charge in [-0.1, -0.05) is 0 Å². The molecule has 7 heteroatoms. The fourth-order valence-corrected chi connectivity index (χ4v) is 2.97. The van der Waals surface area contributed by atoms with Crippen LogP contribution in [0.3, 0.4) is 0 Å². The molecule has 1 aliphatic rings. The first-order chi connectivity index (χ1) is 11.9. The number of hydrogen-bond donors (Lipinski definition) is 0. The highest BCUT2D eigenvalue weighted by atomic mass is 19.4. The molecule has 0 amide bonds. The minimum absolute atomic E-state index is 0.0726. The third-order valence-electron chi connectivity index (χ3n) is 4.28. The van der Waals surface area contributed by atoms with E-state index >= 15 is 0 Å². The Balaban J connectivity index is 1.82. The number of rotatable bonds is 2. The average molecular weight is 346 g/mol. The van der Waals surface area contributed by atoms with Crippen LogP contribution >= 0.6 is 0 Å². The van der Waals surface area contributed by atoms with Crippen LogP contribution in [0.4, 0.5) is 24.7 Å². The van der Waals surface area contributed by atoms with E-state index in [2.05, 4.69) is 9.88 Å². The number of nitriles is 1. The number of aromatic nitrogens is 1. The number of alkyl halides is 3. The van der Waals surface area contributed by atoms with Crippen LogP contribution in [-0.2, 0) is 6.18 Å². The monoisotopic (exact) mass is 346 g/mol. The minimum atomic E-state index is -4.45. The maximum atomic E-state index is 13.3. The van der Waals surface area contributed by atoms with Crippen molar-refractivity contribution in [1.82, 2.24) is 4.98 Å². The molecule has 1 saturated heterocycles. The highest BCUT2D eigenvalue weighted by molar-refractivity contribution is 5.60. The maximum Gasteiger partial charge on any atom is 0.418 e.